The fourth-order valence-corrected chi connectivity index (χ4v) is 4.10. The topological polar surface area (TPSA) is 49.8 Å². The second-order valence-corrected chi connectivity index (χ2v) is 8.53. The van der Waals surface area contributed by atoms with Gasteiger partial charge in [-0.3, -0.25) is 9.69 Å². The van der Waals surface area contributed by atoms with Crippen LogP contribution in [0.5, 0.6) is 5.75 Å². The molecule has 3 rings (SSSR count). The quantitative estimate of drug-likeness (QED) is 0.363. The lowest BCUT2D eigenvalue weighted by molar-refractivity contribution is -0.144. The largest absolute Gasteiger partial charge is 0.508 e. The molecule has 0 bridgehead atoms. The van der Waals surface area contributed by atoms with Gasteiger partial charge in [0.1, 0.15) is 5.75 Å². The number of ether oxygens (including phenoxy) is 1. The summed E-state index contributed by atoms with van der Waals surface area (Å²) in [4.78, 5) is 14.4. The fourth-order valence-electron chi connectivity index (χ4n) is 3.72. The summed E-state index contributed by atoms with van der Waals surface area (Å²) in [6.07, 6.45) is 0.648. The van der Waals surface area contributed by atoms with Crippen LogP contribution < -0.4 is 0 Å². The molecule has 168 valence electrons. The maximum atomic E-state index is 12.3. The zero-order chi connectivity index (χ0) is 22.9. The summed E-state index contributed by atoms with van der Waals surface area (Å²) in [5.41, 5.74) is 3.15. The predicted molar refractivity (Wildman–Crippen MR) is 129 cm³/mol. The fraction of sp³-hybridized carbons (Fsp3) is 0.269. The second kappa shape index (κ2) is 11.9. The number of rotatable bonds is 10. The van der Waals surface area contributed by atoms with Gasteiger partial charge in [-0.1, -0.05) is 71.7 Å². The number of carbonyl (C=O) groups is 1. The van der Waals surface area contributed by atoms with E-state index < -0.39 is 0 Å². The van der Waals surface area contributed by atoms with Crippen LogP contribution in [0, 0.1) is 0 Å². The van der Waals surface area contributed by atoms with E-state index in [4.69, 9.17) is 27.9 Å². The Bertz CT molecular complexity index is 1010. The van der Waals surface area contributed by atoms with E-state index in [1.54, 1.807) is 12.1 Å². The third-order valence-corrected chi connectivity index (χ3v) is 5.83. The molecule has 0 amide bonds. The van der Waals surface area contributed by atoms with E-state index >= 15 is 0 Å². The lowest BCUT2D eigenvalue weighted by Crippen LogP contribution is -2.34. The van der Waals surface area contributed by atoms with Crippen LogP contribution in [-0.4, -0.2) is 35.7 Å². The molecule has 1 atom stereocenters. The number of phenolic OH excluding ortho intramolecular Hbond substituents is 1. The van der Waals surface area contributed by atoms with Gasteiger partial charge >= 0.3 is 5.97 Å². The number of hydrogen-bond acceptors (Lipinski definition) is 4. The van der Waals surface area contributed by atoms with Gasteiger partial charge in [0.05, 0.1) is 13.2 Å². The van der Waals surface area contributed by atoms with Gasteiger partial charge in [0.25, 0.3) is 0 Å². The lowest BCUT2D eigenvalue weighted by Gasteiger charge is -2.28. The SMILES string of the molecule is CCOC(=O)CN(Cc1ccccc1)C[C@H](Cc1ccc(O)cc1Cl)c1ccc(Cl)cc1. The normalized spacial score (nSPS) is 12.0. The van der Waals surface area contributed by atoms with Crippen molar-refractivity contribution in [2.24, 2.45) is 0 Å². The molecule has 1 N–H and O–H groups in total. The highest BCUT2D eigenvalue weighted by Crippen LogP contribution is 2.29. The van der Waals surface area contributed by atoms with Crippen LogP contribution in [0.3, 0.4) is 0 Å². The molecule has 6 heteroatoms. The second-order valence-electron chi connectivity index (χ2n) is 7.69. The first-order valence-electron chi connectivity index (χ1n) is 10.6. The maximum absolute atomic E-state index is 12.3. The number of benzene rings is 3. The number of esters is 1. The summed E-state index contributed by atoms with van der Waals surface area (Å²) < 4.78 is 5.22. The van der Waals surface area contributed by atoms with E-state index in [1.807, 2.05) is 67.6 Å². The number of phenols is 1. The Morgan fingerprint density at radius 1 is 1.03 bits per heavy atom. The van der Waals surface area contributed by atoms with Crippen LogP contribution in [0.1, 0.15) is 29.5 Å². The van der Waals surface area contributed by atoms with Crippen LogP contribution in [0.15, 0.2) is 72.8 Å². The maximum Gasteiger partial charge on any atom is 0.320 e. The molecule has 0 unspecified atom stereocenters. The molecule has 0 aromatic heterocycles. The smallest absolute Gasteiger partial charge is 0.320 e. The number of nitrogens with zero attached hydrogens (tertiary/aromatic N) is 1. The lowest BCUT2D eigenvalue weighted by atomic mass is 9.91. The van der Waals surface area contributed by atoms with Gasteiger partial charge in [-0.15, -0.1) is 0 Å². The molecule has 0 aliphatic carbocycles. The summed E-state index contributed by atoms with van der Waals surface area (Å²) >= 11 is 12.5. The number of halogens is 2. The molecule has 0 saturated carbocycles. The van der Waals surface area contributed by atoms with Crippen LogP contribution in [0.25, 0.3) is 0 Å². The average molecular weight is 472 g/mol. The van der Waals surface area contributed by atoms with Crippen molar-refractivity contribution in [3.8, 4) is 5.75 Å². The van der Waals surface area contributed by atoms with E-state index in [1.165, 1.54) is 0 Å². The highest BCUT2D eigenvalue weighted by Gasteiger charge is 2.21. The Balaban J connectivity index is 1.88. The molecule has 32 heavy (non-hydrogen) atoms. The van der Waals surface area contributed by atoms with Gasteiger partial charge < -0.3 is 9.84 Å². The standard InChI is InChI=1S/C26H27Cl2NO3/c1-2-32-26(31)18-29(16-19-6-4-3-5-7-19)17-22(20-8-11-23(27)12-9-20)14-21-10-13-24(30)15-25(21)28/h3-13,15,22,30H,2,14,16-18H2,1H3/t22-/m0/s1. The Hall–Kier alpha value is -2.53. The molecule has 0 radical (unpaired) electrons. The Morgan fingerprint density at radius 3 is 2.41 bits per heavy atom. The van der Waals surface area contributed by atoms with E-state index in [2.05, 4.69) is 4.90 Å². The van der Waals surface area contributed by atoms with Gasteiger partial charge in [-0.05, 0) is 54.3 Å². The molecule has 0 aliphatic heterocycles. The van der Waals surface area contributed by atoms with Crippen molar-refractivity contribution in [2.45, 2.75) is 25.8 Å². The minimum absolute atomic E-state index is 0.0486. The highest BCUT2D eigenvalue weighted by atomic mass is 35.5. The van der Waals surface area contributed by atoms with E-state index in [0.717, 1.165) is 16.7 Å². The minimum Gasteiger partial charge on any atom is -0.508 e. The summed E-state index contributed by atoms with van der Waals surface area (Å²) in [5.74, 6) is -0.0665. The van der Waals surface area contributed by atoms with Crippen LogP contribution in [0.2, 0.25) is 10.0 Å². The first-order valence-corrected chi connectivity index (χ1v) is 11.3. The highest BCUT2D eigenvalue weighted by molar-refractivity contribution is 6.31. The van der Waals surface area contributed by atoms with Crippen LogP contribution >= 0.6 is 23.2 Å². The Labute approximate surface area is 199 Å². The summed E-state index contributed by atoms with van der Waals surface area (Å²) in [5, 5.41) is 10.9. The van der Waals surface area contributed by atoms with E-state index in [9.17, 15) is 9.90 Å². The number of hydrogen-bond donors (Lipinski definition) is 1. The molecule has 3 aromatic rings. The van der Waals surface area contributed by atoms with Crippen molar-refractivity contribution in [1.29, 1.82) is 0 Å². The molecule has 0 spiro atoms. The monoisotopic (exact) mass is 471 g/mol. The van der Waals surface area contributed by atoms with E-state index in [-0.39, 0.29) is 24.2 Å². The van der Waals surface area contributed by atoms with Crippen molar-refractivity contribution in [3.63, 3.8) is 0 Å². The third kappa shape index (κ3) is 7.27. The number of carbonyl (C=O) groups excluding carboxylic acids is 1. The van der Waals surface area contributed by atoms with Gasteiger partial charge in [0, 0.05) is 29.1 Å². The van der Waals surface area contributed by atoms with Crippen molar-refractivity contribution in [1.82, 2.24) is 4.90 Å². The zero-order valence-corrected chi connectivity index (χ0v) is 19.5. The predicted octanol–water partition coefficient (Wildman–Crippen LogP) is 6.09. The Kier molecular flexibility index (Phi) is 8.98. The first kappa shape index (κ1) is 24.1. The van der Waals surface area contributed by atoms with Crippen molar-refractivity contribution >= 4 is 29.2 Å². The van der Waals surface area contributed by atoms with Crippen LogP contribution in [-0.2, 0) is 22.5 Å². The molecule has 3 aromatic carbocycles. The first-order chi connectivity index (χ1) is 15.4. The third-order valence-electron chi connectivity index (χ3n) is 5.23. The van der Waals surface area contributed by atoms with Gasteiger partial charge in [-0.2, -0.15) is 0 Å². The van der Waals surface area contributed by atoms with E-state index in [0.29, 0.717) is 36.2 Å². The van der Waals surface area contributed by atoms with Crippen molar-refractivity contribution in [3.05, 3.63) is 99.5 Å². The van der Waals surface area contributed by atoms with Gasteiger partial charge in [0.2, 0.25) is 0 Å². The van der Waals surface area contributed by atoms with Crippen LogP contribution in [0.4, 0.5) is 0 Å². The summed E-state index contributed by atoms with van der Waals surface area (Å²) in [7, 11) is 0. The summed E-state index contributed by atoms with van der Waals surface area (Å²) in [6.45, 7) is 3.58. The molecular weight excluding hydrogens is 445 g/mol. The Morgan fingerprint density at radius 2 is 1.75 bits per heavy atom. The summed E-state index contributed by atoms with van der Waals surface area (Å²) in [6, 6.07) is 22.8. The molecular formula is C26H27Cl2NO3. The molecule has 0 fully saturated rings. The van der Waals surface area contributed by atoms with Crippen molar-refractivity contribution in [2.75, 3.05) is 19.7 Å². The molecule has 4 nitrogen and oxygen atoms in total. The van der Waals surface area contributed by atoms with Crippen molar-refractivity contribution < 1.29 is 14.6 Å². The molecule has 0 heterocycles. The zero-order valence-electron chi connectivity index (χ0n) is 18.0. The minimum atomic E-state index is -0.249. The van der Waals surface area contributed by atoms with Gasteiger partial charge in [0.15, 0.2) is 0 Å². The molecule has 0 aliphatic rings. The molecule has 0 saturated heterocycles. The average Bonchev–Trinajstić information content (AvgIpc) is 2.76. The van der Waals surface area contributed by atoms with Gasteiger partial charge in [-0.25, -0.2) is 0 Å². The number of aromatic hydroxyl groups is 1.